The van der Waals surface area contributed by atoms with Gasteiger partial charge in [-0.2, -0.15) is 0 Å². The first-order valence-corrected chi connectivity index (χ1v) is 7.10. The Kier molecular flexibility index (Phi) is 3.69. The number of benzene rings is 1. The second kappa shape index (κ2) is 5.24. The topological polar surface area (TPSA) is 63.1 Å². The summed E-state index contributed by atoms with van der Waals surface area (Å²) >= 11 is 0. The molecule has 1 aromatic carbocycles. The lowest BCUT2D eigenvalue weighted by Gasteiger charge is -2.09. The minimum absolute atomic E-state index is 0.266. The van der Waals surface area contributed by atoms with Gasteiger partial charge in [0, 0.05) is 18.9 Å². The van der Waals surface area contributed by atoms with Gasteiger partial charge in [0.2, 0.25) is 10.0 Å². The summed E-state index contributed by atoms with van der Waals surface area (Å²) < 4.78 is 27.7. The van der Waals surface area contributed by atoms with E-state index in [1.807, 2.05) is 24.5 Å². The molecule has 0 bridgehead atoms. The zero-order chi connectivity index (χ0) is 13.0. The number of sulfonamides is 1. The average Bonchev–Trinajstić information content (AvgIpc) is 2.82. The minimum atomic E-state index is -3.37. The molecule has 1 heterocycles. The van der Waals surface area contributed by atoms with Gasteiger partial charge in [-0.1, -0.05) is 6.92 Å². The molecule has 6 heteroatoms. The van der Waals surface area contributed by atoms with E-state index < -0.39 is 10.0 Å². The Morgan fingerprint density at radius 1 is 1.11 bits per heavy atom. The Hall–Kier alpha value is -1.79. The summed E-state index contributed by atoms with van der Waals surface area (Å²) in [5.41, 5.74) is 3.92. The molecule has 0 saturated carbocycles. The van der Waals surface area contributed by atoms with Crippen LogP contribution in [0.3, 0.4) is 0 Å². The quantitative estimate of drug-likeness (QED) is 0.864. The van der Waals surface area contributed by atoms with E-state index in [0.29, 0.717) is 6.54 Å². The van der Waals surface area contributed by atoms with Crippen LogP contribution < -0.4 is 10.1 Å². The number of hydrogen-bond acceptors (Lipinski definition) is 3. The van der Waals surface area contributed by atoms with Gasteiger partial charge in [0.1, 0.15) is 0 Å². The Bertz CT molecular complexity index is 589. The largest absolute Gasteiger partial charge is 0.295 e. The van der Waals surface area contributed by atoms with Crippen molar-refractivity contribution in [2.45, 2.75) is 11.8 Å². The Morgan fingerprint density at radius 2 is 1.72 bits per heavy atom. The first-order chi connectivity index (χ1) is 8.62. The van der Waals surface area contributed by atoms with E-state index in [1.165, 1.54) is 0 Å². The second-order valence-corrected chi connectivity index (χ2v) is 5.49. The number of hydrogen-bond donors (Lipinski definition) is 2. The maximum atomic E-state index is 11.7. The Morgan fingerprint density at radius 3 is 2.28 bits per heavy atom. The SMILES string of the molecule is CCNS(=O)(=O)c1ccc(Nn2cccc2)cc1. The molecule has 18 heavy (non-hydrogen) atoms. The second-order valence-electron chi connectivity index (χ2n) is 3.73. The molecule has 0 aliphatic rings. The van der Waals surface area contributed by atoms with Gasteiger partial charge in [-0.3, -0.25) is 10.1 Å². The van der Waals surface area contributed by atoms with Gasteiger partial charge < -0.3 is 0 Å². The predicted molar refractivity (Wildman–Crippen MR) is 70.8 cm³/mol. The first-order valence-electron chi connectivity index (χ1n) is 5.61. The molecule has 1 aromatic heterocycles. The average molecular weight is 265 g/mol. The van der Waals surface area contributed by atoms with E-state index in [-0.39, 0.29) is 4.90 Å². The highest BCUT2D eigenvalue weighted by atomic mass is 32.2. The first kappa shape index (κ1) is 12.7. The fourth-order valence-electron chi connectivity index (χ4n) is 1.54. The van der Waals surface area contributed by atoms with Crippen LogP contribution in [0.25, 0.3) is 0 Å². The van der Waals surface area contributed by atoms with Crippen molar-refractivity contribution in [2.24, 2.45) is 0 Å². The molecule has 0 spiro atoms. The van der Waals surface area contributed by atoms with Crippen molar-refractivity contribution in [3.05, 3.63) is 48.8 Å². The van der Waals surface area contributed by atoms with Crippen LogP contribution in [0.1, 0.15) is 6.92 Å². The molecule has 2 N–H and O–H groups in total. The molecular weight excluding hydrogens is 250 g/mol. The summed E-state index contributed by atoms with van der Waals surface area (Å²) in [6.07, 6.45) is 3.73. The van der Waals surface area contributed by atoms with Gasteiger partial charge in [-0.25, -0.2) is 13.1 Å². The normalized spacial score (nSPS) is 11.4. The molecule has 0 atom stereocenters. The molecule has 2 rings (SSSR count). The molecule has 0 aliphatic carbocycles. The third-order valence-electron chi connectivity index (χ3n) is 2.36. The molecule has 0 aliphatic heterocycles. The smallest absolute Gasteiger partial charge is 0.240 e. The van der Waals surface area contributed by atoms with E-state index in [2.05, 4.69) is 10.1 Å². The highest BCUT2D eigenvalue weighted by Gasteiger charge is 2.11. The summed E-state index contributed by atoms with van der Waals surface area (Å²) in [5.74, 6) is 0. The van der Waals surface area contributed by atoms with E-state index in [1.54, 1.807) is 35.9 Å². The summed E-state index contributed by atoms with van der Waals surface area (Å²) in [5, 5.41) is 0. The zero-order valence-electron chi connectivity index (χ0n) is 10.00. The monoisotopic (exact) mass is 265 g/mol. The Balaban J connectivity index is 2.15. The Labute approximate surface area is 106 Å². The van der Waals surface area contributed by atoms with Gasteiger partial charge in [0.05, 0.1) is 10.6 Å². The van der Waals surface area contributed by atoms with Gasteiger partial charge >= 0.3 is 0 Å². The van der Waals surface area contributed by atoms with Gasteiger partial charge in [-0.05, 0) is 36.4 Å². The van der Waals surface area contributed by atoms with Gasteiger partial charge in [0.15, 0.2) is 0 Å². The molecule has 0 amide bonds. The molecule has 0 fully saturated rings. The molecule has 0 saturated heterocycles. The van der Waals surface area contributed by atoms with Crippen LogP contribution in [-0.4, -0.2) is 19.6 Å². The van der Waals surface area contributed by atoms with Crippen LogP contribution in [0.2, 0.25) is 0 Å². The number of nitrogens with zero attached hydrogens (tertiary/aromatic N) is 1. The van der Waals surface area contributed by atoms with E-state index in [9.17, 15) is 8.42 Å². The lowest BCUT2D eigenvalue weighted by molar-refractivity contribution is 0.584. The van der Waals surface area contributed by atoms with Crippen molar-refractivity contribution in [3.8, 4) is 0 Å². The number of anilines is 1. The van der Waals surface area contributed by atoms with Crippen molar-refractivity contribution in [3.63, 3.8) is 0 Å². The molecule has 96 valence electrons. The van der Waals surface area contributed by atoms with Gasteiger partial charge in [-0.15, -0.1) is 0 Å². The van der Waals surface area contributed by atoms with E-state index in [4.69, 9.17) is 0 Å². The highest BCUT2D eigenvalue weighted by Crippen LogP contribution is 2.14. The lowest BCUT2D eigenvalue weighted by Crippen LogP contribution is -2.23. The van der Waals surface area contributed by atoms with E-state index >= 15 is 0 Å². The maximum absolute atomic E-state index is 11.7. The van der Waals surface area contributed by atoms with Crippen molar-refractivity contribution in [1.29, 1.82) is 0 Å². The molecule has 2 aromatic rings. The summed E-state index contributed by atoms with van der Waals surface area (Å²) in [6.45, 7) is 2.13. The summed E-state index contributed by atoms with van der Waals surface area (Å²) in [4.78, 5) is 0.266. The highest BCUT2D eigenvalue weighted by molar-refractivity contribution is 7.89. The van der Waals surface area contributed by atoms with Crippen LogP contribution in [0.15, 0.2) is 53.7 Å². The molecular formula is C12H15N3O2S. The van der Waals surface area contributed by atoms with Crippen molar-refractivity contribution in [1.82, 2.24) is 9.40 Å². The van der Waals surface area contributed by atoms with Crippen molar-refractivity contribution >= 4 is 15.7 Å². The van der Waals surface area contributed by atoms with Crippen LogP contribution in [-0.2, 0) is 10.0 Å². The fraction of sp³-hybridized carbons (Fsp3) is 0.167. The van der Waals surface area contributed by atoms with Crippen LogP contribution in [0.5, 0.6) is 0 Å². The van der Waals surface area contributed by atoms with Crippen LogP contribution >= 0.6 is 0 Å². The third-order valence-corrected chi connectivity index (χ3v) is 3.92. The standard InChI is InChI=1S/C12H15N3O2S/c1-2-13-18(16,17)12-7-5-11(6-8-12)14-15-9-3-4-10-15/h3-10,13-14H,2H2,1H3. The zero-order valence-corrected chi connectivity index (χ0v) is 10.8. The van der Waals surface area contributed by atoms with Crippen molar-refractivity contribution in [2.75, 3.05) is 12.0 Å². The van der Waals surface area contributed by atoms with Crippen LogP contribution in [0, 0.1) is 0 Å². The predicted octanol–water partition coefficient (Wildman–Crippen LogP) is 1.66. The van der Waals surface area contributed by atoms with Crippen LogP contribution in [0.4, 0.5) is 5.69 Å². The molecule has 5 nitrogen and oxygen atoms in total. The number of rotatable bonds is 5. The minimum Gasteiger partial charge on any atom is -0.295 e. The fourth-order valence-corrected chi connectivity index (χ4v) is 2.58. The molecule has 0 unspecified atom stereocenters. The summed E-state index contributed by atoms with van der Waals surface area (Å²) in [6, 6.07) is 10.4. The third kappa shape index (κ3) is 2.91. The lowest BCUT2D eigenvalue weighted by atomic mass is 10.3. The summed E-state index contributed by atoms with van der Waals surface area (Å²) in [7, 11) is -3.37. The van der Waals surface area contributed by atoms with E-state index in [0.717, 1.165) is 5.69 Å². The van der Waals surface area contributed by atoms with Crippen molar-refractivity contribution < 1.29 is 8.42 Å². The number of nitrogens with one attached hydrogen (secondary N) is 2. The van der Waals surface area contributed by atoms with Gasteiger partial charge in [0.25, 0.3) is 0 Å². The maximum Gasteiger partial charge on any atom is 0.240 e. The number of aromatic nitrogens is 1. The molecule has 0 radical (unpaired) electrons.